The van der Waals surface area contributed by atoms with Gasteiger partial charge in [0.2, 0.25) is 5.95 Å². The summed E-state index contributed by atoms with van der Waals surface area (Å²) in [5.41, 5.74) is 9.09. The molecule has 1 aliphatic carbocycles. The predicted octanol–water partition coefficient (Wildman–Crippen LogP) is 2.99. The summed E-state index contributed by atoms with van der Waals surface area (Å²) in [7, 11) is 0. The summed E-state index contributed by atoms with van der Waals surface area (Å²) in [6, 6.07) is 8.72. The zero-order chi connectivity index (χ0) is 11.7. The molecule has 0 radical (unpaired) electrons. The van der Waals surface area contributed by atoms with Crippen LogP contribution in [0.15, 0.2) is 36.7 Å². The van der Waals surface area contributed by atoms with E-state index in [0.29, 0.717) is 5.95 Å². The minimum Gasteiger partial charge on any atom is -0.368 e. The SMILES string of the molecule is Nc1ncc(-c2ccc(C3CCC3)cc2)cn1. The Hall–Kier alpha value is -1.90. The van der Waals surface area contributed by atoms with Crippen LogP contribution in [0.4, 0.5) is 5.95 Å². The van der Waals surface area contributed by atoms with Gasteiger partial charge in [0, 0.05) is 18.0 Å². The van der Waals surface area contributed by atoms with E-state index in [4.69, 9.17) is 5.73 Å². The van der Waals surface area contributed by atoms with Gasteiger partial charge in [-0.25, -0.2) is 9.97 Å². The standard InChI is InChI=1S/C14H15N3/c15-14-16-8-13(9-17-14)12-6-4-11(5-7-12)10-2-1-3-10/h4-10H,1-3H2,(H2,15,16,17). The third kappa shape index (κ3) is 2.00. The van der Waals surface area contributed by atoms with E-state index in [1.807, 2.05) is 0 Å². The van der Waals surface area contributed by atoms with Crippen molar-refractivity contribution in [3.05, 3.63) is 42.2 Å². The Labute approximate surface area is 101 Å². The maximum Gasteiger partial charge on any atom is 0.219 e. The quantitative estimate of drug-likeness (QED) is 0.854. The van der Waals surface area contributed by atoms with Crippen LogP contribution in [0.3, 0.4) is 0 Å². The maximum atomic E-state index is 5.47. The van der Waals surface area contributed by atoms with E-state index in [1.54, 1.807) is 12.4 Å². The molecule has 17 heavy (non-hydrogen) atoms. The number of nitrogens with zero attached hydrogens (tertiary/aromatic N) is 2. The molecule has 1 aromatic heterocycles. The number of hydrogen-bond donors (Lipinski definition) is 1. The average molecular weight is 225 g/mol. The zero-order valence-electron chi connectivity index (χ0n) is 9.63. The van der Waals surface area contributed by atoms with Crippen molar-refractivity contribution < 1.29 is 0 Å². The van der Waals surface area contributed by atoms with Crippen LogP contribution < -0.4 is 5.73 Å². The summed E-state index contributed by atoms with van der Waals surface area (Å²) in [5, 5.41) is 0. The lowest BCUT2D eigenvalue weighted by molar-refractivity contribution is 0.420. The van der Waals surface area contributed by atoms with Crippen LogP contribution >= 0.6 is 0 Å². The highest BCUT2D eigenvalue weighted by Crippen LogP contribution is 2.36. The number of hydrogen-bond acceptors (Lipinski definition) is 3. The number of anilines is 1. The number of benzene rings is 1. The minimum absolute atomic E-state index is 0.319. The molecule has 2 N–H and O–H groups in total. The lowest BCUT2D eigenvalue weighted by Gasteiger charge is -2.25. The molecule has 2 aromatic rings. The van der Waals surface area contributed by atoms with Gasteiger partial charge < -0.3 is 5.73 Å². The first-order valence-electron chi connectivity index (χ1n) is 6.01. The molecule has 3 rings (SSSR count). The van der Waals surface area contributed by atoms with Crippen LogP contribution in [0.2, 0.25) is 0 Å². The van der Waals surface area contributed by atoms with Gasteiger partial charge in [0.1, 0.15) is 0 Å². The van der Waals surface area contributed by atoms with E-state index in [-0.39, 0.29) is 0 Å². The number of nitrogen functional groups attached to an aromatic ring is 1. The average Bonchev–Trinajstić information content (AvgIpc) is 2.29. The molecule has 3 nitrogen and oxygen atoms in total. The van der Waals surface area contributed by atoms with Crippen molar-refractivity contribution in [1.82, 2.24) is 9.97 Å². The maximum absolute atomic E-state index is 5.47. The predicted molar refractivity (Wildman–Crippen MR) is 68.5 cm³/mol. The molecule has 0 unspecified atom stereocenters. The smallest absolute Gasteiger partial charge is 0.219 e. The van der Waals surface area contributed by atoms with E-state index >= 15 is 0 Å². The van der Waals surface area contributed by atoms with Crippen molar-refractivity contribution in [2.24, 2.45) is 0 Å². The molecular weight excluding hydrogens is 210 g/mol. The second-order valence-electron chi connectivity index (χ2n) is 4.58. The Morgan fingerprint density at radius 2 is 1.59 bits per heavy atom. The highest BCUT2D eigenvalue weighted by atomic mass is 15.0. The topological polar surface area (TPSA) is 51.8 Å². The Morgan fingerprint density at radius 1 is 0.941 bits per heavy atom. The third-order valence-corrected chi connectivity index (χ3v) is 3.49. The van der Waals surface area contributed by atoms with Gasteiger partial charge >= 0.3 is 0 Å². The monoisotopic (exact) mass is 225 g/mol. The first kappa shape index (κ1) is 10.3. The normalized spacial score (nSPS) is 15.5. The minimum atomic E-state index is 0.319. The van der Waals surface area contributed by atoms with Crippen molar-refractivity contribution in [2.45, 2.75) is 25.2 Å². The fourth-order valence-electron chi connectivity index (χ4n) is 2.18. The molecule has 1 saturated carbocycles. The van der Waals surface area contributed by atoms with Gasteiger partial charge in [-0.1, -0.05) is 30.7 Å². The van der Waals surface area contributed by atoms with E-state index in [0.717, 1.165) is 17.0 Å². The lowest BCUT2D eigenvalue weighted by atomic mass is 9.80. The van der Waals surface area contributed by atoms with Crippen molar-refractivity contribution in [2.75, 3.05) is 5.73 Å². The number of nitrogens with two attached hydrogens (primary N) is 1. The summed E-state index contributed by atoms with van der Waals surface area (Å²) < 4.78 is 0. The third-order valence-electron chi connectivity index (χ3n) is 3.49. The van der Waals surface area contributed by atoms with Gasteiger partial charge in [-0.3, -0.25) is 0 Å². The molecule has 86 valence electrons. The Bertz CT molecular complexity index is 498. The number of aromatic nitrogens is 2. The summed E-state index contributed by atoms with van der Waals surface area (Å²) in [5.74, 6) is 1.10. The summed E-state index contributed by atoms with van der Waals surface area (Å²) in [4.78, 5) is 8.01. The van der Waals surface area contributed by atoms with E-state index in [2.05, 4.69) is 34.2 Å². The summed E-state index contributed by atoms with van der Waals surface area (Å²) >= 11 is 0. The molecule has 1 heterocycles. The first-order valence-corrected chi connectivity index (χ1v) is 6.01. The van der Waals surface area contributed by atoms with E-state index in [1.165, 1.54) is 24.8 Å². The molecule has 0 bridgehead atoms. The van der Waals surface area contributed by atoms with Crippen LogP contribution in [-0.2, 0) is 0 Å². The van der Waals surface area contributed by atoms with E-state index < -0.39 is 0 Å². The van der Waals surface area contributed by atoms with Crippen molar-refractivity contribution in [3.63, 3.8) is 0 Å². The number of rotatable bonds is 2. The van der Waals surface area contributed by atoms with Crippen molar-refractivity contribution in [1.29, 1.82) is 0 Å². The Balaban J connectivity index is 1.86. The van der Waals surface area contributed by atoms with Gasteiger partial charge in [-0.2, -0.15) is 0 Å². The first-order chi connectivity index (χ1) is 8.33. The second kappa shape index (κ2) is 4.17. The van der Waals surface area contributed by atoms with Gasteiger partial charge in [0.25, 0.3) is 0 Å². The molecule has 0 atom stereocenters. The fraction of sp³-hybridized carbons (Fsp3) is 0.286. The Morgan fingerprint density at radius 3 is 2.12 bits per heavy atom. The van der Waals surface area contributed by atoms with Crippen LogP contribution in [-0.4, -0.2) is 9.97 Å². The van der Waals surface area contributed by atoms with E-state index in [9.17, 15) is 0 Å². The van der Waals surface area contributed by atoms with Crippen molar-refractivity contribution in [3.8, 4) is 11.1 Å². The molecule has 1 aliphatic rings. The summed E-state index contributed by atoms with van der Waals surface area (Å²) in [6.45, 7) is 0. The molecule has 0 aliphatic heterocycles. The highest BCUT2D eigenvalue weighted by Gasteiger charge is 2.18. The summed E-state index contributed by atoms with van der Waals surface area (Å²) in [6.07, 6.45) is 7.58. The molecule has 0 amide bonds. The fourth-order valence-corrected chi connectivity index (χ4v) is 2.18. The van der Waals surface area contributed by atoms with Crippen LogP contribution in [0, 0.1) is 0 Å². The molecule has 1 aromatic carbocycles. The lowest BCUT2D eigenvalue weighted by Crippen LogP contribution is -2.08. The molecule has 3 heteroatoms. The largest absolute Gasteiger partial charge is 0.368 e. The highest BCUT2D eigenvalue weighted by molar-refractivity contribution is 5.62. The van der Waals surface area contributed by atoms with Gasteiger partial charge in [-0.05, 0) is 29.9 Å². The molecule has 0 spiro atoms. The molecule has 0 saturated heterocycles. The van der Waals surface area contributed by atoms with Crippen LogP contribution in [0.1, 0.15) is 30.7 Å². The molecule has 1 fully saturated rings. The van der Waals surface area contributed by atoms with Crippen LogP contribution in [0.5, 0.6) is 0 Å². The Kier molecular flexibility index (Phi) is 2.52. The van der Waals surface area contributed by atoms with Crippen molar-refractivity contribution >= 4 is 5.95 Å². The van der Waals surface area contributed by atoms with Gasteiger partial charge in [0.05, 0.1) is 0 Å². The molecular formula is C14H15N3. The second-order valence-corrected chi connectivity index (χ2v) is 4.58. The van der Waals surface area contributed by atoms with Gasteiger partial charge in [-0.15, -0.1) is 0 Å². The van der Waals surface area contributed by atoms with Gasteiger partial charge in [0.15, 0.2) is 0 Å². The van der Waals surface area contributed by atoms with Crippen LogP contribution in [0.25, 0.3) is 11.1 Å². The zero-order valence-corrected chi connectivity index (χ0v) is 9.63.